The zero-order valence-electron chi connectivity index (χ0n) is 12.3. The lowest BCUT2D eigenvalue weighted by Crippen LogP contribution is -2.24. The Morgan fingerprint density at radius 3 is 2.70 bits per heavy atom. The van der Waals surface area contributed by atoms with E-state index in [1.165, 1.54) is 43.9 Å². The Bertz CT molecular complexity index is 413. The van der Waals surface area contributed by atoms with E-state index < -0.39 is 0 Å². The van der Waals surface area contributed by atoms with Crippen molar-refractivity contribution in [2.24, 2.45) is 5.92 Å². The lowest BCUT2D eigenvalue weighted by atomic mass is 9.94. The van der Waals surface area contributed by atoms with Gasteiger partial charge in [-0.05, 0) is 49.9 Å². The summed E-state index contributed by atoms with van der Waals surface area (Å²) in [5, 5.41) is 3.37. The van der Waals surface area contributed by atoms with E-state index in [1.807, 2.05) is 0 Å². The van der Waals surface area contributed by atoms with Gasteiger partial charge < -0.3 is 5.32 Å². The number of hydrogen-bond donors (Lipinski definition) is 1. The Morgan fingerprint density at radius 1 is 1.25 bits per heavy atom. The van der Waals surface area contributed by atoms with Crippen LogP contribution in [0, 0.1) is 17.6 Å². The molecule has 112 valence electrons. The van der Waals surface area contributed by atoms with Gasteiger partial charge in [0.05, 0.1) is 0 Å². The van der Waals surface area contributed by atoms with Gasteiger partial charge in [0.2, 0.25) is 0 Å². The van der Waals surface area contributed by atoms with E-state index in [1.54, 1.807) is 0 Å². The van der Waals surface area contributed by atoms with Crippen LogP contribution in [0.25, 0.3) is 0 Å². The molecule has 20 heavy (non-hydrogen) atoms. The fourth-order valence-electron chi connectivity index (χ4n) is 3.17. The molecule has 2 rings (SSSR count). The number of rotatable bonds is 7. The Morgan fingerprint density at radius 2 is 2.00 bits per heavy atom. The maximum Gasteiger partial charge on any atom is 0.128 e. The highest BCUT2D eigenvalue weighted by Gasteiger charge is 2.20. The first-order valence-corrected chi connectivity index (χ1v) is 7.89. The average molecular weight is 281 g/mol. The van der Waals surface area contributed by atoms with E-state index in [2.05, 4.69) is 12.2 Å². The summed E-state index contributed by atoms with van der Waals surface area (Å²) < 4.78 is 27.3. The third kappa shape index (κ3) is 4.27. The summed E-state index contributed by atoms with van der Waals surface area (Å²) >= 11 is 0. The molecule has 3 heteroatoms. The van der Waals surface area contributed by atoms with E-state index in [4.69, 9.17) is 0 Å². The van der Waals surface area contributed by atoms with Crippen molar-refractivity contribution in [3.8, 4) is 0 Å². The topological polar surface area (TPSA) is 12.0 Å². The molecule has 1 atom stereocenters. The lowest BCUT2D eigenvalue weighted by molar-refractivity contribution is 0.401. The Hall–Kier alpha value is -0.960. The molecule has 1 aromatic carbocycles. The van der Waals surface area contributed by atoms with Crippen LogP contribution < -0.4 is 5.32 Å². The molecule has 0 aromatic heterocycles. The molecule has 0 aliphatic heterocycles. The smallest absolute Gasteiger partial charge is 0.128 e. The lowest BCUT2D eigenvalue weighted by Gasteiger charge is -2.21. The van der Waals surface area contributed by atoms with Crippen molar-refractivity contribution >= 4 is 0 Å². The molecule has 1 fully saturated rings. The van der Waals surface area contributed by atoms with Crippen molar-refractivity contribution in [3.05, 3.63) is 35.4 Å². The molecule has 1 aromatic rings. The minimum Gasteiger partial charge on any atom is -0.310 e. The van der Waals surface area contributed by atoms with Gasteiger partial charge in [0.25, 0.3) is 0 Å². The average Bonchev–Trinajstić information content (AvgIpc) is 2.95. The molecular formula is C17H25F2N. The predicted molar refractivity (Wildman–Crippen MR) is 78.6 cm³/mol. The minimum atomic E-state index is -0.356. The van der Waals surface area contributed by atoms with Crippen molar-refractivity contribution in [2.75, 3.05) is 6.54 Å². The van der Waals surface area contributed by atoms with Crippen molar-refractivity contribution < 1.29 is 8.78 Å². The molecule has 0 bridgehead atoms. The zero-order chi connectivity index (χ0) is 14.4. The van der Waals surface area contributed by atoms with E-state index in [0.717, 1.165) is 31.7 Å². The molecule has 0 heterocycles. The summed E-state index contributed by atoms with van der Waals surface area (Å²) in [5.74, 6) is 0.120. The van der Waals surface area contributed by atoms with Gasteiger partial charge in [0, 0.05) is 11.6 Å². The van der Waals surface area contributed by atoms with Crippen LogP contribution in [-0.2, 0) is 0 Å². The molecule has 0 saturated heterocycles. The van der Waals surface area contributed by atoms with Gasteiger partial charge in [-0.15, -0.1) is 0 Å². The quantitative estimate of drug-likeness (QED) is 0.743. The largest absolute Gasteiger partial charge is 0.310 e. The molecule has 0 amide bonds. The van der Waals surface area contributed by atoms with Crippen LogP contribution in [0.2, 0.25) is 0 Å². The second-order valence-electron chi connectivity index (χ2n) is 5.90. The van der Waals surface area contributed by atoms with E-state index in [-0.39, 0.29) is 17.7 Å². The van der Waals surface area contributed by atoms with Gasteiger partial charge >= 0.3 is 0 Å². The van der Waals surface area contributed by atoms with Crippen LogP contribution in [0.5, 0.6) is 0 Å². The Labute approximate surface area is 120 Å². The Kier molecular flexibility index (Phi) is 5.96. The van der Waals surface area contributed by atoms with Gasteiger partial charge in [0.15, 0.2) is 0 Å². The first-order chi connectivity index (χ1) is 9.70. The second-order valence-corrected chi connectivity index (χ2v) is 5.90. The fourth-order valence-corrected chi connectivity index (χ4v) is 3.17. The van der Waals surface area contributed by atoms with Gasteiger partial charge in [-0.1, -0.05) is 32.6 Å². The summed E-state index contributed by atoms with van der Waals surface area (Å²) in [5.41, 5.74) is 0.483. The van der Waals surface area contributed by atoms with Gasteiger partial charge in [-0.2, -0.15) is 0 Å². The number of benzene rings is 1. The fraction of sp³-hybridized carbons (Fsp3) is 0.647. The van der Waals surface area contributed by atoms with E-state index in [0.29, 0.717) is 5.56 Å². The molecule has 1 unspecified atom stereocenters. The first-order valence-electron chi connectivity index (χ1n) is 7.89. The number of halogens is 2. The Balaban J connectivity index is 2.02. The van der Waals surface area contributed by atoms with E-state index in [9.17, 15) is 8.78 Å². The minimum absolute atomic E-state index is 0.0637. The highest BCUT2D eigenvalue weighted by atomic mass is 19.1. The predicted octanol–water partition coefficient (Wildman–Crippen LogP) is 4.98. The summed E-state index contributed by atoms with van der Waals surface area (Å²) in [6.07, 6.45) is 8.25. The molecule has 1 nitrogen and oxygen atoms in total. The highest BCUT2D eigenvalue weighted by Crippen LogP contribution is 2.32. The third-order valence-electron chi connectivity index (χ3n) is 4.31. The summed E-state index contributed by atoms with van der Waals surface area (Å²) in [6.45, 7) is 2.92. The monoisotopic (exact) mass is 281 g/mol. The van der Waals surface area contributed by atoms with Crippen molar-refractivity contribution in [3.63, 3.8) is 0 Å². The molecule has 1 aliphatic rings. The van der Waals surface area contributed by atoms with Gasteiger partial charge in [-0.25, -0.2) is 8.78 Å². The summed E-state index contributed by atoms with van der Waals surface area (Å²) in [7, 11) is 0. The standard InChI is InChI=1S/C17H25F2N/c1-2-11-20-17(10-7-13-5-3-4-6-13)15-12-14(18)8-9-16(15)19/h8-9,12-13,17,20H,2-7,10-11H2,1H3. The van der Waals surface area contributed by atoms with Crippen LogP contribution in [-0.4, -0.2) is 6.54 Å². The SMILES string of the molecule is CCCNC(CCC1CCCC1)c1cc(F)ccc1F. The normalized spacial score (nSPS) is 17.6. The van der Waals surface area contributed by atoms with Crippen LogP contribution in [0.1, 0.15) is 63.5 Å². The molecule has 1 N–H and O–H groups in total. The molecular weight excluding hydrogens is 256 g/mol. The maximum atomic E-state index is 13.9. The molecule has 1 aliphatic carbocycles. The third-order valence-corrected chi connectivity index (χ3v) is 4.31. The second kappa shape index (κ2) is 7.72. The first kappa shape index (κ1) is 15.4. The number of nitrogens with one attached hydrogen (secondary N) is 1. The molecule has 0 radical (unpaired) electrons. The van der Waals surface area contributed by atoms with Gasteiger partial charge in [0.1, 0.15) is 11.6 Å². The molecule has 0 spiro atoms. The zero-order valence-corrected chi connectivity index (χ0v) is 12.3. The molecule has 1 saturated carbocycles. The van der Waals surface area contributed by atoms with Crippen LogP contribution in [0.3, 0.4) is 0 Å². The summed E-state index contributed by atoms with van der Waals surface area (Å²) in [4.78, 5) is 0. The van der Waals surface area contributed by atoms with E-state index >= 15 is 0 Å². The van der Waals surface area contributed by atoms with Crippen LogP contribution >= 0.6 is 0 Å². The van der Waals surface area contributed by atoms with Gasteiger partial charge in [-0.3, -0.25) is 0 Å². The van der Waals surface area contributed by atoms with Crippen molar-refractivity contribution in [1.82, 2.24) is 5.32 Å². The van der Waals surface area contributed by atoms with Crippen LogP contribution in [0.15, 0.2) is 18.2 Å². The van der Waals surface area contributed by atoms with Crippen molar-refractivity contribution in [1.29, 1.82) is 0 Å². The maximum absolute atomic E-state index is 13.9. The highest BCUT2D eigenvalue weighted by molar-refractivity contribution is 5.22. The van der Waals surface area contributed by atoms with Crippen LogP contribution in [0.4, 0.5) is 8.78 Å². The van der Waals surface area contributed by atoms with Crippen molar-refractivity contribution in [2.45, 2.75) is 57.9 Å². The number of hydrogen-bond acceptors (Lipinski definition) is 1. The summed E-state index contributed by atoms with van der Waals surface area (Å²) in [6, 6.07) is 3.71.